The van der Waals surface area contributed by atoms with E-state index in [4.69, 9.17) is 0 Å². The molecule has 4 rings (SSSR count). The van der Waals surface area contributed by atoms with E-state index in [1.165, 1.54) is 25.7 Å². The van der Waals surface area contributed by atoms with Crippen LogP contribution in [0.3, 0.4) is 0 Å². The number of benzene rings is 2. The number of hydrogen-bond donors (Lipinski definition) is 0. The van der Waals surface area contributed by atoms with Crippen molar-refractivity contribution in [3.05, 3.63) is 83.6 Å². The summed E-state index contributed by atoms with van der Waals surface area (Å²) < 4.78 is 0. The van der Waals surface area contributed by atoms with Gasteiger partial charge in [0.05, 0.1) is 0 Å². The monoisotopic (exact) mass is 402 g/mol. The Morgan fingerprint density at radius 2 is 0.815 bits per heavy atom. The minimum Gasteiger partial charge on any atom is -0.294 e. The van der Waals surface area contributed by atoms with Crippen LogP contribution in [0, 0.1) is 11.8 Å². The third kappa shape index (κ3) is 6.16. The summed E-state index contributed by atoms with van der Waals surface area (Å²) in [5, 5.41) is 0. The SMILES string of the molecule is O=C([C]1CCCC1)c1ccccc1.O=C([C]1CCCC1)c1ccccc1.[Fe]. The maximum Gasteiger partial charge on any atom is 0.170 e. The Bertz CT molecular complexity index is 636. The third-order valence-electron chi connectivity index (χ3n) is 5.13. The van der Waals surface area contributed by atoms with E-state index in [1.807, 2.05) is 60.7 Å². The van der Waals surface area contributed by atoms with Crippen molar-refractivity contribution < 1.29 is 26.7 Å². The van der Waals surface area contributed by atoms with Gasteiger partial charge in [0, 0.05) is 40.0 Å². The molecular weight excluding hydrogens is 376 g/mol. The average molecular weight is 402 g/mol. The van der Waals surface area contributed by atoms with Gasteiger partial charge >= 0.3 is 0 Å². The molecule has 2 saturated carbocycles. The minimum atomic E-state index is 0. The summed E-state index contributed by atoms with van der Waals surface area (Å²) >= 11 is 0. The quantitative estimate of drug-likeness (QED) is 0.462. The number of carbonyl (C=O) groups excluding carboxylic acids is 2. The van der Waals surface area contributed by atoms with Crippen LogP contribution in [-0.4, -0.2) is 11.6 Å². The summed E-state index contributed by atoms with van der Waals surface area (Å²) in [7, 11) is 0. The van der Waals surface area contributed by atoms with Gasteiger partial charge in [0.25, 0.3) is 0 Å². The zero-order valence-corrected chi connectivity index (χ0v) is 16.7. The molecule has 0 atom stereocenters. The third-order valence-corrected chi connectivity index (χ3v) is 5.13. The van der Waals surface area contributed by atoms with Crippen LogP contribution < -0.4 is 0 Å². The predicted molar refractivity (Wildman–Crippen MR) is 105 cm³/mol. The molecule has 2 fully saturated rings. The molecule has 142 valence electrons. The molecule has 0 amide bonds. The zero-order chi connectivity index (χ0) is 18.2. The molecule has 2 aromatic rings. The van der Waals surface area contributed by atoms with Crippen LogP contribution in [0.25, 0.3) is 0 Å². The predicted octanol–water partition coefficient (Wildman–Crippen LogP) is 6.03. The second-order valence-corrected chi connectivity index (χ2v) is 7.01. The topological polar surface area (TPSA) is 34.1 Å². The molecule has 0 N–H and O–H groups in total. The maximum absolute atomic E-state index is 11.8. The van der Waals surface area contributed by atoms with Crippen molar-refractivity contribution in [2.75, 3.05) is 0 Å². The smallest absolute Gasteiger partial charge is 0.170 e. The summed E-state index contributed by atoms with van der Waals surface area (Å²) in [6.45, 7) is 0. The summed E-state index contributed by atoms with van der Waals surface area (Å²) in [5.74, 6) is 2.76. The van der Waals surface area contributed by atoms with Crippen molar-refractivity contribution in [1.82, 2.24) is 0 Å². The molecule has 27 heavy (non-hydrogen) atoms. The number of rotatable bonds is 4. The van der Waals surface area contributed by atoms with Gasteiger partial charge in [-0.3, -0.25) is 9.59 Å². The van der Waals surface area contributed by atoms with Gasteiger partial charge in [-0.2, -0.15) is 0 Å². The summed E-state index contributed by atoms with van der Waals surface area (Å²) in [5.41, 5.74) is 1.69. The van der Waals surface area contributed by atoms with E-state index in [9.17, 15) is 9.59 Å². The fourth-order valence-corrected chi connectivity index (χ4v) is 3.64. The number of ketones is 2. The van der Waals surface area contributed by atoms with Gasteiger partial charge in [-0.1, -0.05) is 86.3 Å². The summed E-state index contributed by atoms with van der Waals surface area (Å²) in [4.78, 5) is 23.6. The molecule has 0 spiro atoms. The molecule has 0 heterocycles. The molecule has 0 aromatic heterocycles. The Balaban J connectivity index is 0.000000187. The normalized spacial score (nSPS) is 16.9. The molecule has 0 unspecified atom stereocenters. The number of carbonyl (C=O) groups is 2. The second kappa shape index (κ2) is 11.2. The van der Waals surface area contributed by atoms with E-state index in [1.54, 1.807) is 0 Å². The first-order chi connectivity index (χ1) is 12.8. The first-order valence-corrected chi connectivity index (χ1v) is 9.64. The van der Waals surface area contributed by atoms with Crippen LogP contribution >= 0.6 is 0 Å². The van der Waals surface area contributed by atoms with Crippen LogP contribution in [-0.2, 0) is 17.1 Å². The van der Waals surface area contributed by atoms with E-state index in [0.717, 1.165) is 48.6 Å². The summed E-state index contributed by atoms with van der Waals surface area (Å²) in [6.07, 6.45) is 8.78. The average Bonchev–Trinajstić information content (AvgIpc) is 3.43. The van der Waals surface area contributed by atoms with Crippen LogP contribution in [0.15, 0.2) is 60.7 Å². The molecule has 2 radical (unpaired) electrons. The first kappa shape index (κ1) is 21.6. The van der Waals surface area contributed by atoms with Crippen LogP contribution in [0.1, 0.15) is 72.1 Å². The number of Topliss-reactive ketones (excluding diaryl/α,β-unsaturated/α-hetero) is 2. The minimum absolute atomic E-state index is 0. The Kier molecular flexibility index (Phi) is 8.97. The van der Waals surface area contributed by atoms with Crippen molar-refractivity contribution in [3.8, 4) is 0 Å². The van der Waals surface area contributed by atoms with E-state index in [2.05, 4.69) is 0 Å². The fraction of sp³-hybridized carbons (Fsp3) is 0.333. The van der Waals surface area contributed by atoms with Crippen molar-refractivity contribution in [2.24, 2.45) is 0 Å². The van der Waals surface area contributed by atoms with Crippen LogP contribution in [0.5, 0.6) is 0 Å². The molecule has 2 nitrogen and oxygen atoms in total. The first-order valence-electron chi connectivity index (χ1n) is 9.64. The molecule has 2 aromatic carbocycles. The van der Waals surface area contributed by atoms with Gasteiger partial charge in [0.1, 0.15) is 0 Å². The van der Waals surface area contributed by atoms with Crippen molar-refractivity contribution >= 4 is 11.6 Å². The molecular formula is C24H26FeO2. The largest absolute Gasteiger partial charge is 0.294 e. The zero-order valence-electron chi connectivity index (χ0n) is 15.6. The maximum atomic E-state index is 11.8. The van der Waals surface area contributed by atoms with Crippen molar-refractivity contribution in [2.45, 2.75) is 51.4 Å². The van der Waals surface area contributed by atoms with E-state index in [-0.39, 0.29) is 28.6 Å². The Morgan fingerprint density at radius 1 is 0.519 bits per heavy atom. The van der Waals surface area contributed by atoms with Crippen molar-refractivity contribution in [3.63, 3.8) is 0 Å². The number of hydrogen-bond acceptors (Lipinski definition) is 2. The van der Waals surface area contributed by atoms with Crippen molar-refractivity contribution in [1.29, 1.82) is 0 Å². The molecule has 3 heteroatoms. The van der Waals surface area contributed by atoms with Gasteiger partial charge in [0.2, 0.25) is 0 Å². The Hall–Kier alpha value is -1.70. The second-order valence-electron chi connectivity index (χ2n) is 7.01. The molecule has 0 saturated heterocycles. The molecule has 2 aliphatic rings. The van der Waals surface area contributed by atoms with Gasteiger partial charge in [-0.25, -0.2) is 0 Å². The van der Waals surface area contributed by atoms with Gasteiger partial charge in [0.15, 0.2) is 11.6 Å². The van der Waals surface area contributed by atoms with Gasteiger partial charge < -0.3 is 0 Å². The molecule has 0 bridgehead atoms. The van der Waals surface area contributed by atoms with Gasteiger partial charge in [-0.05, 0) is 25.7 Å². The van der Waals surface area contributed by atoms with E-state index < -0.39 is 0 Å². The Labute approximate surface area is 173 Å². The summed E-state index contributed by atoms with van der Waals surface area (Å²) in [6, 6.07) is 19.1. The molecule has 2 aliphatic carbocycles. The molecule has 0 aliphatic heterocycles. The van der Waals surface area contributed by atoms with Gasteiger partial charge in [-0.15, -0.1) is 0 Å². The van der Waals surface area contributed by atoms with E-state index >= 15 is 0 Å². The van der Waals surface area contributed by atoms with Crippen LogP contribution in [0.2, 0.25) is 0 Å². The van der Waals surface area contributed by atoms with E-state index in [0.29, 0.717) is 0 Å². The fourth-order valence-electron chi connectivity index (χ4n) is 3.64. The van der Waals surface area contributed by atoms with Crippen LogP contribution in [0.4, 0.5) is 0 Å². The Morgan fingerprint density at radius 3 is 1.11 bits per heavy atom. The standard InChI is InChI=1S/2C12H13O.Fe/c2*13-12(11-8-4-5-9-11)10-6-2-1-3-7-10;/h2*1-3,6-7H,4-5,8-9H2;.